The standard InChI is InChI=1S/C23H24N4O5/c1-30-18-10-15(11-19(31-2)21(18)32-3)23(29)27-9-7-14(13-27)22-25-17(12-20(28)26-22)16-6-4-5-8-24-16/h4-6,8,10-12,14H,7,9,13H2,1-3H3,(H,25,26,28). The fraction of sp³-hybridized carbons (Fsp3) is 0.304. The smallest absolute Gasteiger partial charge is 0.254 e. The number of carbonyl (C=O) groups excluding carboxylic acids is 1. The number of hydrogen-bond acceptors (Lipinski definition) is 7. The van der Waals surface area contributed by atoms with E-state index in [1.54, 1.807) is 35.4 Å². The van der Waals surface area contributed by atoms with Crippen molar-refractivity contribution in [3.63, 3.8) is 0 Å². The molecule has 32 heavy (non-hydrogen) atoms. The molecule has 2 aromatic heterocycles. The van der Waals surface area contributed by atoms with E-state index in [-0.39, 0.29) is 17.4 Å². The summed E-state index contributed by atoms with van der Waals surface area (Å²) in [7, 11) is 4.53. The summed E-state index contributed by atoms with van der Waals surface area (Å²) < 4.78 is 16.0. The number of aromatic amines is 1. The van der Waals surface area contributed by atoms with Gasteiger partial charge >= 0.3 is 0 Å². The zero-order valence-electron chi connectivity index (χ0n) is 18.1. The highest BCUT2D eigenvalue weighted by molar-refractivity contribution is 5.96. The van der Waals surface area contributed by atoms with Gasteiger partial charge in [0.25, 0.3) is 11.5 Å². The van der Waals surface area contributed by atoms with Crippen LogP contribution in [0.15, 0.2) is 47.4 Å². The Labute approximate surface area is 185 Å². The second-order valence-corrected chi connectivity index (χ2v) is 7.38. The van der Waals surface area contributed by atoms with Crippen LogP contribution >= 0.6 is 0 Å². The number of ether oxygens (including phenoxy) is 3. The molecule has 1 aliphatic heterocycles. The monoisotopic (exact) mass is 436 g/mol. The van der Waals surface area contributed by atoms with Gasteiger partial charge in [-0.15, -0.1) is 0 Å². The molecule has 1 amide bonds. The van der Waals surface area contributed by atoms with Gasteiger partial charge in [-0.3, -0.25) is 14.6 Å². The minimum Gasteiger partial charge on any atom is -0.493 e. The van der Waals surface area contributed by atoms with Crippen molar-refractivity contribution in [2.45, 2.75) is 12.3 Å². The van der Waals surface area contributed by atoms with E-state index in [1.807, 2.05) is 6.07 Å². The van der Waals surface area contributed by atoms with Gasteiger partial charge in [-0.25, -0.2) is 4.98 Å². The predicted octanol–water partition coefficient (Wildman–Crippen LogP) is 2.49. The highest BCUT2D eigenvalue weighted by Crippen LogP contribution is 2.39. The quantitative estimate of drug-likeness (QED) is 0.633. The number of hydrogen-bond donors (Lipinski definition) is 1. The SMILES string of the molecule is COc1cc(C(=O)N2CCC(c3nc(-c4ccccn4)cc(=O)[nH]3)C2)cc(OC)c1OC. The Bertz CT molecular complexity index is 1150. The lowest BCUT2D eigenvalue weighted by molar-refractivity contribution is 0.0789. The van der Waals surface area contributed by atoms with Crippen LogP contribution in [0.3, 0.4) is 0 Å². The summed E-state index contributed by atoms with van der Waals surface area (Å²) in [5, 5.41) is 0. The maximum Gasteiger partial charge on any atom is 0.254 e. The molecular formula is C23H24N4O5. The van der Waals surface area contributed by atoms with Gasteiger partial charge in [-0.2, -0.15) is 0 Å². The summed E-state index contributed by atoms with van der Waals surface area (Å²) in [6.07, 6.45) is 2.34. The van der Waals surface area contributed by atoms with Gasteiger partial charge in [0.05, 0.1) is 32.7 Å². The van der Waals surface area contributed by atoms with Crippen molar-refractivity contribution >= 4 is 5.91 Å². The topological polar surface area (TPSA) is 107 Å². The van der Waals surface area contributed by atoms with Crippen molar-refractivity contribution in [2.24, 2.45) is 0 Å². The van der Waals surface area contributed by atoms with E-state index >= 15 is 0 Å². The summed E-state index contributed by atoms with van der Waals surface area (Å²) >= 11 is 0. The molecule has 0 spiro atoms. The average Bonchev–Trinajstić information content (AvgIpc) is 3.33. The third-order valence-electron chi connectivity index (χ3n) is 5.46. The molecule has 1 atom stereocenters. The van der Waals surface area contributed by atoms with E-state index in [2.05, 4.69) is 15.0 Å². The molecule has 9 heteroatoms. The molecule has 0 bridgehead atoms. The van der Waals surface area contributed by atoms with Crippen LogP contribution in [0, 0.1) is 0 Å². The number of H-pyrrole nitrogens is 1. The molecule has 9 nitrogen and oxygen atoms in total. The van der Waals surface area contributed by atoms with Crippen molar-refractivity contribution in [3.8, 4) is 28.6 Å². The summed E-state index contributed by atoms with van der Waals surface area (Å²) in [6.45, 7) is 0.974. The van der Waals surface area contributed by atoms with Crippen molar-refractivity contribution < 1.29 is 19.0 Å². The van der Waals surface area contributed by atoms with Crippen LogP contribution in [0.5, 0.6) is 17.2 Å². The molecule has 0 aliphatic carbocycles. The van der Waals surface area contributed by atoms with E-state index in [0.717, 1.165) is 0 Å². The highest BCUT2D eigenvalue weighted by atomic mass is 16.5. The minimum atomic E-state index is -0.245. The Morgan fingerprint density at radius 2 is 1.81 bits per heavy atom. The van der Waals surface area contributed by atoms with E-state index < -0.39 is 0 Å². The summed E-state index contributed by atoms with van der Waals surface area (Å²) in [6, 6.07) is 10.2. The van der Waals surface area contributed by atoms with Gasteiger partial charge in [0.2, 0.25) is 5.75 Å². The molecule has 1 N–H and O–H groups in total. The summed E-state index contributed by atoms with van der Waals surface area (Å²) in [5.41, 5.74) is 1.33. The van der Waals surface area contributed by atoms with Gasteiger partial charge in [-0.05, 0) is 30.7 Å². The first-order valence-corrected chi connectivity index (χ1v) is 10.2. The lowest BCUT2D eigenvalue weighted by Crippen LogP contribution is -2.29. The Morgan fingerprint density at radius 3 is 2.44 bits per heavy atom. The third kappa shape index (κ3) is 4.14. The zero-order chi connectivity index (χ0) is 22.7. The number of nitrogens with zero attached hydrogens (tertiary/aromatic N) is 3. The Hall–Kier alpha value is -3.88. The van der Waals surface area contributed by atoms with E-state index in [9.17, 15) is 9.59 Å². The number of carbonyl (C=O) groups is 1. The van der Waals surface area contributed by atoms with Crippen LogP contribution in [-0.2, 0) is 0 Å². The predicted molar refractivity (Wildman–Crippen MR) is 117 cm³/mol. The van der Waals surface area contributed by atoms with E-state index in [4.69, 9.17) is 14.2 Å². The molecule has 166 valence electrons. The van der Waals surface area contributed by atoms with Crippen molar-refractivity contribution in [3.05, 3.63) is 64.3 Å². The molecule has 1 fully saturated rings. The Morgan fingerprint density at radius 1 is 1.06 bits per heavy atom. The van der Waals surface area contributed by atoms with Crippen LogP contribution in [0.25, 0.3) is 11.4 Å². The average molecular weight is 436 g/mol. The first-order chi connectivity index (χ1) is 15.5. The second kappa shape index (κ2) is 9.09. The molecule has 3 heterocycles. The van der Waals surface area contributed by atoms with Crippen LogP contribution in [0.2, 0.25) is 0 Å². The number of nitrogens with one attached hydrogen (secondary N) is 1. The number of pyridine rings is 1. The number of methoxy groups -OCH3 is 3. The normalized spacial score (nSPS) is 15.5. The number of likely N-dealkylation sites (tertiary alicyclic amines) is 1. The minimum absolute atomic E-state index is 0.0858. The van der Waals surface area contributed by atoms with Crippen LogP contribution in [0.4, 0.5) is 0 Å². The van der Waals surface area contributed by atoms with Gasteiger partial charge in [0.1, 0.15) is 5.82 Å². The molecule has 0 saturated carbocycles. The summed E-state index contributed by atoms with van der Waals surface area (Å²) in [4.78, 5) is 38.9. The molecule has 1 aromatic carbocycles. The van der Waals surface area contributed by atoms with Crippen molar-refractivity contribution in [2.75, 3.05) is 34.4 Å². The number of benzene rings is 1. The fourth-order valence-electron chi connectivity index (χ4n) is 3.87. The van der Waals surface area contributed by atoms with Gasteiger partial charge in [0, 0.05) is 36.8 Å². The molecule has 1 aliphatic rings. The number of aromatic nitrogens is 3. The zero-order valence-corrected chi connectivity index (χ0v) is 18.1. The highest BCUT2D eigenvalue weighted by Gasteiger charge is 2.31. The van der Waals surface area contributed by atoms with E-state index in [0.29, 0.717) is 59.5 Å². The first kappa shape index (κ1) is 21.4. The lowest BCUT2D eigenvalue weighted by atomic mass is 10.1. The van der Waals surface area contributed by atoms with Crippen LogP contribution in [0.1, 0.15) is 28.5 Å². The second-order valence-electron chi connectivity index (χ2n) is 7.38. The number of amides is 1. The maximum atomic E-state index is 13.2. The third-order valence-corrected chi connectivity index (χ3v) is 5.46. The molecule has 3 aromatic rings. The molecule has 4 rings (SSSR count). The molecule has 1 saturated heterocycles. The fourth-order valence-corrected chi connectivity index (χ4v) is 3.87. The largest absolute Gasteiger partial charge is 0.493 e. The van der Waals surface area contributed by atoms with Crippen LogP contribution in [-0.4, -0.2) is 60.2 Å². The lowest BCUT2D eigenvalue weighted by Gasteiger charge is -2.19. The first-order valence-electron chi connectivity index (χ1n) is 10.2. The maximum absolute atomic E-state index is 13.2. The van der Waals surface area contributed by atoms with E-state index in [1.165, 1.54) is 27.4 Å². The Balaban J connectivity index is 1.57. The molecular weight excluding hydrogens is 412 g/mol. The molecule has 0 radical (unpaired) electrons. The van der Waals surface area contributed by atoms with Crippen molar-refractivity contribution in [1.29, 1.82) is 0 Å². The number of rotatable bonds is 6. The van der Waals surface area contributed by atoms with Crippen molar-refractivity contribution in [1.82, 2.24) is 19.9 Å². The Kier molecular flexibility index (Phi) is 6.07. The van der Waals surface area contributed by atoms with Gasteiger partial charge < -0.3 is 24.1 Å². The van der Waals surface area contributed by atoms with Crippen LogP contribution < -0.4 is 19.8 Å². The molecule has 1 unspecified atom stereocenters. The van der Waals surface area contributed by atoms with Gasteiger partial charge in [0.15, 0.2) is 11.5 Å². The summed E-state index contributed by atoms with van der Waals surface area (Å²) in [5.74, 6) is 1.57. The van der Waals surface area contributed by atoms with Gasteiger partial charge in [-0.1, -0.05) is 6.07 Å².